The predicted octanol–water partition coefficient (Wildman–Crippen LogP) is 3.10. The molecular formula is C16H16N4OS. The van der Waals surface area contributed by atoms with E-state index in [2.05, 4.69) is 39.1 Å². The molecule has 112 valence electrons. The van der Waals surface area contributed by atoms with Crippen molar-refractivity contribution in [2.24, 2.45) is 0 Å². The molecular weight excluding hydrogens is 296 g/mol. The first-order chi connectivity index (χ1) is 10.8. The second-order valence-electron chi connectivity index (χ2n) is 5.60. The highest BCUT2D eigenvalue weighted by atomic mass is 32.1. The van der Waals surface area contributed by atoms with Gasteiger partial charge in [0.15, 0.2) is 0 Å². The molecule has 0 atom stereocenters. The predicted molar refractivity (Wildman–Crippen MR) is 84.6 cm³/mol. The fraction of sp³-hybridized carbons (Fsp3) is 0.312. The lowest BCUT2D eigenvalue weighted by atomic mass is 10.0. The number of rotatable bonds is 4. The van der Waals surface area contributed by atoms with Crippen LogP contribution in [0.5, 0.6) is 0 Å². The molecule has 3 aromatic rings. The summed E-state index contributed by atoms with van der Waals surface area (Å²) in [5, 5.41) is 4.06. The summed E-state index contributed by atoms with van der Waals surface area (Å²) in [5.74, 6) is 1.70. The summed E-state index contributed by atoms with van der Waals surface area (Å²) in [4.78, 5) is 13.8. The van der Waals surface area contributed by atoms with E-state index in [0.29, 0.717) is 11.7 Å². The van der Waals surface area contributed by atoms with Crippen LogP contribution in [0.1, 0.15) is 21.6 Å². The van der Waals surface area contributed by atoms with E-state index in [1.807, 2.05) is 23.5 Å². The van der Waals surface area contributed by atoms with Crippen molar-refractivity contribution in [3.05, 3.63) is 52.3 Å². The SMILES string of the molecule is Cc1ccc(CN2CC(c3nc(-c4cccnc4)no3)C2)s1. The number of likely N-dealkylation sites (tertiary alicyclic amines) is 1. The van der Waals surface area contributed by atoms with Gasteiger partial charge in [0.2, 0.25) is 11.7 Å². The summed E-state index contributed by atoms with van der Waals surface area (Å²) in [7, 11) is 0. The Bertz CT molecular complexity index is 761. The van der Waals surface area contributed by atoms with Crippen LogP contribution in [-0.4, -0.2) is 33.1 Å². The van der Waals surface area contributed by atoms with Crippen LogP contribution in [0.15, 0.2) is 41.2 Å². The maximum absolute atomic E-state index is 5.41. The van der Waals surface area contributed by atoms with Crippen molar-refractivity contribution < 1.29 is 4.52 Å². The molecule has 5 nitrogen and oxygen atoms in total. The van der Waals surface area contributed by atoms with Gasteiger partial charge in [-0.15, -0.1) is 11.3 Å². The fourth-order valence-corrected chi connectivity index (χ4v) is 3.59. The molecule has 3 aromatic heterocycles. The third-order valence-electron chi connectivity index (χ3n) is 3.84. The minimum atomic E-state index is 0.346. The second kappa shape index (κ2) is 5.62. The van der Waals surface area contributed by atoms with Crippen LogP contribution in [0.2, 0.25) is 0 Å². The minimum Gasteiger partial charge on any atom is -0.339 e. The molecule has 22 heavy (non-hydrogen) atoms. The molecule has 6 heteroatoms. The first-order valence-electron chi connectivity index (χ1n) is 7.29. The highest BCUT2D eigenvalue weighted by molar-refractivity contribution is 7.11. The smallest absolute Gasteiger partial charge is 0.232 e. The summed E-state index contributed by atoms with van der Waals surface area (Å²) < 4.78 is 5.41. The van der Waals surface area contributed by atoms with Crippen LogP contribution in [0.25, 0.3) is 11.4 Å². The maximum Gasteiger partial charge on any atom is 0.232 e. The van der Waals surface area contributed by atoms with Crippen LogP contribution < -0.4 is 0 Å². The molecule has 0 spiro atoms. The van der Waals surface area contributed by atoms with E-state index in [-0.39, 0.29) is 0 Å². The number of pyridine rings is 1. The quantitative estimate of drug-likeness (QED) is 0.741. The number of aryl methyl sites for hydroxylation is 1. The summed E-state index contributed by atoms with van der Waals surface area (Å²) in [5.41, 5.74) is 0.891. The Balaban J connectivity index is 1.38. The van der Waals surface area contributed by atoms with Gasteiger partial charge in [0.05, 0.1) is 5.92 Å². The number of nitrogens with zero attached hydrogens (tertiary/aromatic N) is 4. The molecule has 0 radical (unpaired) electrons. The third kappa shape index (κ3) is 2.67. The third-order valence-corrected chi connectivity index (χ3v) is 4.83. The zero-order chi connectivity index (χ0) is 14.9. The van der Waals surface area contributed by atoms with Crippen molar-refractivity contribution in [2.75, 3.05) is 13.1 Å². The van der Waals surface area contributed by atoms with Crippen LogP contribution in [0.4, 0.5) is 0 Å². The van der Waals surface area contributed by atoms with Gasteiger partial charge in [-0.1, -0.05) is 5.16 Å². The molecule has 1 aliphatic rings. The monoisotopic (exact) mass is 312 g/mol. The lowest BCUT2D eigenvalue weighted by Crippen LogP contribution is -2.44. The number of hydrogen-bond acceptors (Lipinski definition) is 6. The molecule has 1 saturated heterocycles. The molecule has 1 fully saturated rings. The summed E-state index contributed by atoms with van der Waals surface area (Å²) in [6.45, 7) is 5.11. The standard InChI is InChI=1S/C16H16N4OS/c1-11-4-5-14(22-11)10-20-8-13(9-20)16-18-15(19-21-16)12-3-2-6-17-7-12/h2-7,13H,8-10H2,1H3. The molecule has 0 N–H and O–H groups in total. The molecule has 0 unspecified atom stereocenters. The average Bonchev–Trinajstić information content (AvgIpc) is 3.12. The van der Waals surface area contributed by atoms with Gasteiger partial charge in [0.25, 0.3) is 0 Å². The Hall–Kier alpha value is -2.05. The van der Waals surface area contributed by atoms with Gasteiger partial charge in [0.1, 0.15) is 0 Å². The van der Waals surface area contributed by atoms with Gasteiger partial charge in [-0.05, 0) is 31.2 Å². The highest BCUT2D eigenvalue weighted by Crippen LogP contribution is 2.29. The maximum atomic E-state index is 5.41. The molecule has 0 amide bonds. The van der Waals surface area contributed by atoms with E-state index in [9.17, 15) is 0 Å². The van der Waals surface area contributed by atoms with Gasteiger partial charge in [-0.25, -0.2) is 0 Å². The molecule has 0 bridgehead atoms. The van der Waals surface area contributed by atoms with Crippen molar-refractivity contribution in [1.29, 1.82) is 0 Å². The van der Waals surface area contributed by atoms with Crippen molar-refractivity contribution in [1.82, 2.24) is 20.0 Å². The highest BCUT2D eigenvalue weighted by Gasteiger charge is 2.32. The Morgan fingerprint density at radius 1 is 1.32 bits per heavy atom. The van der Waals surface area contributed by atoms with Crippen LogP contribution in [0, 0.1) is 6.92 Å². The van der Waals surface area contributed by atoms with Gasteiger partial charge >= 0.3 is 0 Å². The fourth-order valence-electron chi connectivity index (χ4n) is 2.66. The lowest BCUT2D eigenvalue weighted by Gasteiger charge is -2.36. The van der Waals surface area contributed by atoms with Crippen LogP contribution in [-0.2, 0) is 6.54 Å². The molecule has 0 aliphatic carbocycles. The van der Waals surface area contributed by atoms with Gasteiger partial charge in [-0.3, -0.25) is 9.88 Å². The molecule has 0 aromatic carbocycles. The van der Waals surface area contributed by atoms with Crippen molar-refractivity contribution in [2.45, 2.75) is 19.4 Å². The molecule has 4 rings (SSSR count). The van der Waals surface area contributed by atoms with E-state index in [0.717, 1.165) is 31.1 Å². The first-order valence-corrected chi connectivity index (χ1v) is 8.11. The van der Waals surface area contributed by atoms with E-state index >= 15 is 0 Å². The summed E-state index contributed by atoms with van der Waals surface area (Å²) >= 11 is 1.86. The van der Waals surface area contributed by atoms with E-state index in [1.165, 1.54) is 9.75 Å². The van der Waals surface area contributed by atoms with Crippen molar-refractivity contribution in [3.8, 4) is 11.4 Å². The molecule has 0 saturated carbocycles. The van der Waals surface area contributed by atoms with Gasteiger partial charge in [0, 0.05) is 47.3 Å². The van der Waals surface area contributed by atoms with Crippen molar-refractivity contribution in [3.63, 3.8) is 0 Å². The van der Waals surface area contributed by atoms with Crippen LogP contribution in [0.3, 0.4) is 0 Å². The number of thiophene rings is 1. The van der Waals surface area contributed by atoms with Crippen LogP contribution >= 0.6 is 11.3 Å². The number of aromatic nitrogens is 3. The normalized spacial score (nSPS) is 15.9. The van der Waals surface area contributed by atoms with E-state index in [4.69, 9.17) is 4.52 Å². The molecule has 4 heterocycles. The zero-order valence-electron chi connectivity index (χ0n) is 12.3. The van der Waals surface area contributed by atoms with Gasteiger partial charge in [-0.2, -0.15) is 4.98 Å². The van der Waals surface area contributed by atoms with E-state index < -0.39 is 0 Å². The Kier molecular flexibility index (Phi) is 3.48. The second-order valence-corrected chi connectivity index (χ2v) is 6.97. The first kappa shape index (κ1) is 13.6. The topological polar surface area (TPSA) is 55.1 Å². The van der Waals surface area contributed by atoms with Gasteiger partial charge < -0.3 is 4.52 Å². The molecule has 1 aliphatic heterocycles. The summed E-state index contributed by atoms with van der Waals surface area (Å²) in [6.07, 6.45) is 3.49. The average molecular weight is 312 g/mol. The largest absolute Gasteiger partial charge is 0.339 e. The zero-order valence-corrected chi connectivity index (χ0v) is 13.1. The lowest BCUT2D eigenvalue weighted by molar-refractivity contribution is 0.118. The Morgan fingerprint density at radius 2 is 2.23 bits per heavy atom. The Morgan fingerprint density at radius 3 is 2.95 bits per heavy atom. The number of hydrogen-bond donors (Lipinski definition) is 0. The summed E-state index contributed by atoms with van der Waals surface area (Å²) in [6, 6.07) is 8.20. The van der Waals surface area contributed by atoms with Crippen molar-refractivity contribution >= 4 is 11.3 Å². The van der Waals surface area contributed by atoms with E-state index in [1.54, 1.807) is 12.4 Å². The minimum absolute atomic E-state index is 0.346. The Labute approximate surface area is 132 Å².